The van der Waals surface area contributed by atoms with Gasteiger partial charge in [-0.15, -0.1) is 0 Å². The Kier molecular flexibility index (Phi) is 8.07. The SMILES string of the molecule is Nc1ncc2c3c1c(-c1ccc(C(=O)Nc4cc(C(F)(F)F)ccn4)cc1)nn3[C@@H]1CCC[C@H](C1)NC(=O)CCC/C=C/C2. The highest BCUT2D eigenvalue weighted by atomic mass is 19.4. The fourth-order valence-electron chi connectivity index (χ4n) is 6.04. The zero-order chi connectivity index (χ0) is 30.8. The number of anilines is 2. The molecule has 228 valence electrons. The number of nitrogen functional groups attached to an aromatic ring is 1. The number of fused-ring (bicyclic) bond motifs is 3. The maximum absolute atomic E-state index is 13.1. The summed E-state index contributed by atoms with van der Waals surface area (Å²) >= 11 is 0. The van der Waals surface area contributed by atoms with Gasteiger partial charge < -0.3 is 16.4 Å². The van der Waals surface area contributed by atoms with E-state index in [-0.39, 0.29) is 29.4 Å². The Morgan fingerprint density at radius 2 is 1.89 bits per heavy atom. The van der Waals surface area contributed by atoms with Gasteiger partial charge in [-0.1, -0.05) is 24.3 Å². The molecule has 0 spiro atoms. The average Bonchev–Trinajstić information content (AvgIpc) is 3.41. The number of nitrogens with two attached hydrogens (primary N) is 1. The molecule has 44 heavy (non-hydrogen) atoms. The lowest BCUT2D eigenvalue weighted by atomic mass is 9.90. The number of nitrogens with zero attached hydrogens (tertiary/aromatic N) is 4. The van der Waals surface area contributed by atoms with Crippen LogP contribution in [0.3, 0.4) is 0 Å². The van der Waals surface area contributed by atoms with Crippen LogP contribution in [0.5, 0.6) is 0 Å². The van der Waals surface area contributed by atoms with Crippen molar-refractivity contribution >= 4 is 34.4 Å². The Morgan fingerprint density at radius 1 is 1.07 bits per heavy atom. The number of nitrogens with one attached hydrogen (secondary N) is 2. The van der Waals surface area contributed by atoms with Crippen LogP contribution in [0, 0.1) is 0 Å². The Balaban J connectivity index is 1.35. The molecular formula is C32H32F3N7O2. The summed E-state index contributed by atoms with van der Waals surface area (Å²) in [5.74, 6) is -0.375. The Bertz CT molecular complexity index is 1730. The summed E-state index contributed by atoms with van der Waals surface area (Å²) in [6.45, 7) is 0. The summed E-state index contributed by atoms with van der Waals surface area (Å²) in [6.07, 6.45) is 8.69. The van der Waals surface area contributed by atoms with Crippen LogP contribution in [0.15, 0.2) is 60.9 Å². The molecule has 9 nitrogen and oxygen atoms in total. The Morgan fingerprint density at radius 3 is 2.68 bits per heavy atom. The fraction of sp³-hybridized carbons (Fsp3) is 0.344. The van der Waals surface area contributed by atoms with E-state index < -0.39 is 17.6 Å². The van der Waals surface area contributed by atoms with Crippen molar-refractivity contribution in [2.24, 2.45) is 0 Å². The Hall–Kier alpha value is -4.74. The fourth-order valence-corrected chi connectivity index (χ4v) is 6.04. The first-order valence-corrected chi connectivity index (χ1v) is 14.7. The van der Waals surface area contributed by atoms with Crippen LogP contribution in [0.4, 0.5) is 24.8 Å². The van der Waals surface area contributed by atoms with Crippen LogP contribution >= 0.6 is 0 Å². The summed E-state index contributed by atoms with van der Waals surface area (Å²) in [6, 6.07) is 8.38. The molecule has 1 aromatic carbocycles. The molecule has 2 aliphatic rings. The zero-order valence-corrected chi connectivity index (χ0v) is 23.9. The molecule has 12 heteroatoms. The van der Waals surface area contributed by atoms with Gasteiger partial charge in [0.1, 0.15) is 17.3 Å². The number of rotatable bonds is 3. The van der Waals surface area contributed by atoms with Crippen molar-refractivity contribution in [3.63, 3.8) is 0 Å². The van der Waals surface area contributed by atoms with Gasteiger partial charge in [0.2, 0.25) is 5.91 Å². The summed E-state index contributed by atoms with van der Waals surface area (Å²) in [4.78, 5) is 33.8. The monoisotopic (exact) mass is 603 g/mol. The Labute approximate surface area is 251 Å². The standard InChI is InChI=1S/C32H32F3N7O2/c33-32(34,35)22-14-15-37-25(16-22)40-31(44)20-12-10-19(11-13-20)28-27-29-21(18-38-30(27)36)6-3-1-2-4-9-26(43)39-23-7-5-8-24(17-23)42(29)41-28/h1,3,10-16,18,23-24H,2,4-9,17H2,(H2,36,38)(H,39,43)(H,37,40,44)/b3-1+/t23-,24-/m1/s1. The van der Waals surface area contributed by atoms with E-state index in [1.807, 2.05) is 4.68 Å². The number of amides is 2. The predicted molar refractivity (Wildman–Crippen MR) is 161 cm³/mol. The highest BCUT2D eigenvalue weighted by molar-refractivity contribution is 6.05. The molecule has 0 unspecified atom stereocenters. The number of hydrogen-bond donors (Lipinski definition) is 3. The van der Waals surface area contributed by atoms with Crippen LogP contribution in [0.2, 0.25) is 0 Å². The second-order valence-corrected chi connectivity index (χ2v) is 11.3. The summed E-state index contributed by atoms with van der Waals surface area (Å²) in [5.41, 5.74) is 9.06. The van der Waals surface area contributed by atoms with Gasteiger partial charge in [0.15, 0.2) is 0 Å². The third kappa shape index (κ3) is 6.15. The second-order valence-electron chi connectivity index (χ2n) is 11.3. The van der Waals surface area contributed by atoms with Gasteiger partial charge in [0.05, 0.1) is 22.5 Å². The molecule has 1 saturated carbocycles. The van der Waals surface area contributed by atoms with Gasteiger partial charge >= 0.3 is 6.18 Å². The van der Waals surface area contributed by atoms with Gasteiger partial charge in [-0.05, 0) is 69.2 Å². The van der Waals surface area contributed by atoms with Gasteiger partial charge in [-0.25, -0.2) is 9.97 Å². The molecule has 0 saturated heterocycles. The van der Waals surface area contributed by atoms with Gasteiger partial charge in [-0.3, -0.25) is 14.3 Å². The molecular weight excluding hydrogens is 571 g/mol. The second kappa shape index (κ2) is 12.1. The van der Waals surface area contributed by atoms with Crippen LogP contribution in [-0.2, 0) is 17.4 Å². The first kappa shape index (κ1) is 29.3. The average molecular weight is 604 g/mol. The van der Waals surface area contributed by atoms with Crippen molar-refractivity contribution in [2.45, 2.75) is 69.6 Å². The van der Waals surface area contributed by atoms with Crippen LogP contribution < -0.4 is 16.4 Å². The van der Waals surface area contributed by atoms with Crippen LogP contribution in [0.25, 0.3) is 22.2 Å². The third-order valence-electron chi connectivity index (χ3n) is 8.22. The van der Waals surface area contributed by atoms with Gasteiger partial charge in [-0.2, -0.15) is 18.3 Å². The number of allylic oxidation sites excluding steroid dienone is 2. The first-order valence-electron chi connectivity index (χ1n) is 14.7. The third-order valence-corrected chi connectivity index (χ3v) is 8.22. The largest absolute Gasteiger partial charge is 0.416 e. The molecule has 1 aliphatic heterocycles. The van der Waals surface area contributed by atoms with Gasteiger partial charge in [0, 0.05) is 41.5 Å². The molecule has 1 fully saturated rings. The quantitative estimate of drug-likeness (QED) is 0.238. The molecule has 6 rings (SSSR count). The molecule has 3 aromatic heterocycles. The van der Waals surface area contributed by atoms with E-state index >= 15 is 0 Å². The van der Waals surface area contributed by atoms with Crippen molar-refractivity contribution in [3.05, 3.63) is 77.6 Å². The minimum atomic E-state index is -4.55. The predicted octanol–water partition coefficient (Wildman–Crippen LogP) is 6.23. The van der Waals surface area contributed by atoms with Crippen molar-refractivity contribution in [1.82, 2.24) is 25.1 Å². The molecule has 4 N–H and O–H groups in total. The summed E-state index contributed by atoms with van der Waals surface area (Å²) in [5, 5.41) is 11.4. The number of hydrogen-bond acceptors (Lipinski definition) is 6. The molecule has 4 heterocycles. The molecule has 2 bridgehead atoms. The first-order chi connectivity index (χ1) is 21.2. The lowest BCUT2D eigenvalue weighted by Crippen LogP contribution is -2.39. The molecule has 4 aromatic rings. The lowest BCUT2D eigenvalue weighted by molar-refractivity contribution is -0.137. The van der Waals surface area contributed by atoms with E-state index in [0.29, 0.717) is 29.9 Å². The number of carbonyl (C=O) groups is 2. The van der Waals surface area contributed by atoms with E-state index in [1.165, 1.54) is 0 Å². The van der Waals surface area contributed by atoms with Crippen molar-refractivity contribution in [1.29, 1.82) is 0 Å². The van der Waals surface area contributed by atoms with Crippen molar-refractivity contribution in [2.75, 3.05) is 11.1 Å². The minimum Gasteiger partial charge on any atom is -0.383 e. The number of halogens is 3. The molecule has 2 atom stereocenters. The molecule has 1 aliphatic carbocycles. The van der Waals surface area contributed by atoms with Crippen LogP contribution in [0.1, 0.15) is 72.5 Å². The number of alkyl halides is 3. The minimum absolute atomic E-state index is 0.0442. The highest BCUT2D eigenvalue weighted by Crippen LogP contribution is 2.39. The highest BCUT2D eigenvalue weighted by Gasteiger charge is 2.31. The maximum atomic E-state index is 13.1. The maximum Gasteiger partial charge on any atom is 0.416 e. The topological polar surface area (TPSA) is 128 Å². The zero-order valence-electron chi connectivity index (χ0n) is 23.9. The van der Waals surface area contributed by atoms with E-state index in [0.717, 1.165) is 73.3 Å². The molecule has 2 amide bonds. The van der Waals surface area contributed by atoms with E-state index in [4.69, 9.17) is 10.8 Å². The van der Waals surface area contributed by atoms with E-state index in [9.17, 15) is 22.8 Å². The lowest BCUT2D eigenvalue weighted by Gasteiger charge is -2.30. The summed E-state index contributed by atoms with van der Waals surface area (Å²) in [7, 11) is 0. The normalized spacial score (nSPS) is 20.0. The molecule has 0 radical (unpaired) electrons. The number of benzene rings is 1. The van der Waals surface area contributed by atoms with Crippen LogP contribution in [-0.4, -0.2) is 37.6 Å². The summed E-state index contributed by atoms with van der Waals surface area (Å²) < 4.78 is 41.3. The van der Waals surface area contributed by atoms with Crippen molar-refractivity contribution < 1.29 is 22.8 Å². The van der Waals surface area contributed by atoms with Gasteiger partial charge in [0.25, 0.3) is 5.91 Å². The number of aromatic nitrogens is 4. The van der Waals surface area contributed by atoms with E-state index in [2.05, 4.69) is 32.8 Å². The van der Waals surface area contributed by atoms with Crippen molar-refractivity contribution in [3.8, 4) is 11.3 Å². The number of pyridine rings is 2. The smallest absolute Gasteiger partial charge is 0.383 e. The number of carbonyl (C=O) groups excluding carboxylic acids is 2. The van der Waals surface area contributed by atoms with E-state index in [1.54, 1.807) is 30.5 Å².